The van der Waals surface area contributed by atoms with Gasteiger partial charge in [0, 0.05) is 31.9 Å². The quantitative estimate of drug-likeness (QED) is 0.544. The Morgan fingerprint density at radius 3 is 2.50 bits per heavy atom. The van der Waals surface area contributed by atoms with Crippen LogP contribution in [0.4, 0.5) is 0 Å². The van der Waals surface area contributed by atoms with Crippen LogP contribution in [0.25, 0.3) is 0 Å². The number of aliphatic imine (C=N–C) groups is 1. The highest BCUT2D eigenvalue weighted by atomic mass is 32.2. The molecule has 2 rings (SSSR count). The van der Waals surface area contributed by atoms with Crippen LogP contribution in [0.2, 0.25) is 0 Å². The van der Waals surface area contributed by atoms with Crippen molar-refractivity contribution >= 4 is 27.7 Å². The first kappa shape index (κ1) is 21.1. The van der Waals surface area contributed by atoms with E-state index in [1.807, 2.05) is 30.8 Å². The molecule has 0 spiro atoms. The number of sulfonamides is 1. The molecule has 0 radical (unpaired) electrons. The summed E-state index contributed by atoms with van der Waals surface area (Å²) in [7, 11) is -0.322. The molecule has 26 heavy (non-hydrogen) atoms. The number of hydrogen-bond acceptors (Lipinski definition) is 4. The van der Waals surface area contributed by atoms with E-state index < -0.39 is 10.0 Å². The van der Waals surface area contributed by atoms with E-state index in [0.29, 0.717) is 11.4 Å². The average Bonchev–Trinajstić information content (AvgIpc) is 3.04. The SMILES string of the molecule is CCNC(=NCc1ccc(S(=O)(=O)N(C)C)cc1)NCC1(C)CCCS1. The highest BCUT2D eigenvalue weighted by Crippen LogP contribution is 2.36. The Morgan fingerprint density at radius 2 is 1.96 bits per heavy atom. The van der Waals surface area contributed by atoms with E-state index in [0.717, 1.165) is 24.6 Å². The molecule has 0 amide bonds. The minimum atomic E-state index is -3.39. The second-order valence-corrected chi connectivity index (χ2v) is 10.7. The number of nitrogens with one attached hydrogen (secondary N) is 2. The third kappa shape index (κ3) is 5.62. The lowest BCUT2D eigenvalue weighted by Gasteiger charge is -2.24. The minimum absolute atomic E-state index is 0.276. The lowest BCUT2D eigenvalue weighted by atomic mass is 10.1. The normalized spacial score (nSPS) is 21.2. The van der Waals surface area contributed by atoms with Crippen molar-refractivity contribution in [3.63, 3.8) is 0 Å². The van der Waals surface area contributed by atoms with Gasteiger partial charge in [0.05, 0.1) is 11.4 Å². The fraction of sp³-hybridized carbons (Fsp3) is 0.611. The Morgan fingerprint density at radius 1 is 1.27 bits per heavy atom. The summed E-state index contributed by atoms with van der Waals surface area (Å²) in [6.45, 7) is 6.54. The van der Waals surface area contributed by atoms with E-state index in [1.165, 1.54) is 37.0 Å². The molecule has 8 heteroatoms. The Bertz CT molecular complexity index is 709. The Hall–Kier alpha value is -1.25. The van der Waals surface area contributed by atoms with Crippen LogP contribution in [-0.4, -0.2) is 56.4 Å². The lowest BCUT2D eigenvalue weighted by Crippen LogP contribution is -2.43. The Labute approximate surface area is 161 Å². The number of guanidine groups is 1. The third-order valence-electron chi connectivity index (χ3n) is 4.40. The van der Waals surface area contributed by atoms with Crippen molar-refractivity contribution in [1.82, 2.24) is 14.9 Å². The van der Waals surface area contributed by atoms with Gasteiger partial charge in [0.15, 0.2) is 5.96 Å². The molecule has 1 aliphatic rings. The van der Waals surface area contributed by atoms with Gasteiger partial charge in [-0.15, -0.1) is 0 Å². The maximum absolute atomic E-state index is 12.1. The Balaban J connectivity index is 2.00. The molecular formula is C18H30N4O2S2. The van der Waals surface area contributed by atoms with Gasteiger partial charge in [0.25, 0.3) is 0 Å². The predicted molar refractivity (Wildman–Crippen MR) is 110 cm³/mol. The molecule has 1 unspecified atom stereocenters. The van der Waals surface area contributed by atoms with Crippen LogP contribution in [-0.2, 0) is 16.6 Å². The number of rotatable bonds is 7. The van der Waals surface area contributed by atoms with E-state index in [1.54, 1.807) is 12.1 Å². The maximum atomic E-state index is 12.1. The number of thioether (sulfide) groups is 1. The van der Waals surface area contributed by atoms with Crippen molar-refractivity contribution in [2.45, 2.75) is 42.9 Å². The number of nitrogens with zero attached hydrogens (tertiary/aromatic N) is 2. The van der Waals surface area contributed by atoms with Crippen molar-refractivity contribution in [1.29, 1.82) is 0 Å². The second-order valence-electron chi connectivity index (χ2n) is 6.88. The third-order valence-corrected chi connectivity index (χ3v) is 7.76. The average molecular weight is 399 g/mol. The molecular weight excluding hydrogens is 368 g/mol. The summed E-state index contributed by atoms with van der Waals surface area (Å²) in [5, 5.41) is 6.71. The highest BCUT2D eigenvalue weighted by molar-refractivity contribution is 8.00. The topological polar surface area (TPSA) is 73.8 Å². The number of hydrogen-bond donors (Lipinski definition) is 2. The van der Waals surface area contributed by atoms with Gasteiger partial charge in [-0.1, -0.05) is 12.1 Å². The molecule has 1 heterocycles. The first-order valence-electron chi connectivity index (χ1n) is 8.94. The van der Waals surface area contributed by atoms with Crippen molar-refractivity contribution in [2.24, 2.45) is 4.99 Å². The first-order valence-corrected chi connectivity index (χ1v) is 11.4. The van der Waals surface area contributed by atoms with Crippen molar-refractivity contribution in [3.8, 4) is 0 Å². The van der Waals surface area contributed by atoms with Crippen molar-refractivity contribution in [2.75, 3.05) is 32.9 Å². The molecule has 0 aromatic heterocycles. The van der Waals surface area contributed by atoms with Crippen LogP contribution in [0.1, 0.15) is 32.3 Å². The summed E-state index contributed by atoms with van der Waals surface area (Å²) in [5.41, 5.74) is 0.973. The molecule has 6 nitrogen and oxygen atoms in total. The molecule has 1 aromatic carbocycles. The smallest absolute Gasteiger partial charge is 0.242 e. The molecule has 2 N–H and O–H groups in total. The standard InChI is InChI=1S/C18H30N4O2S2/c1-5-19-17(21-14-18(2)11-6-12-25-18)20-13-15-7-9-16(10-8-15)26(23,24)22(3)4/h7-10H,5-6,11-14H2,1-4H3,(H2,19,20,21). The summed E-state index contributed by atoms with van der Waals surface area (Å²) < 4.78 is 25.7. The molecule has 0 saturated carbocycles. The van der Waals surface area contributed by atoms with Gasteiger partial charge in [0.1, 0.15) is 0 Å². The van der Waals surface area contributed by atoms with Crippen LogP contribution < -0.4 is 10.6 Å². The number of benzene rings is 1. The summed E-state index contributed by atoms with van der Waals surface area (Å²) in [5.74, 6) is 2.03. The summed E-state index contributed by atoms with van der Waals surface area (Å²) in [4.78, 5) is 4.93. The summed E-state index contributed by atoms with van der Waals surface area (Å²) in [6.07, 6.45) is 2.50. The highest BCUT2D eigenvalue weighted by Gasteiger charge is 2.29. The lowest BCUT2D eigenvalue weighted by molar-refractivity contribution is 0.520. The fourth-order valence-corrected chi connectivity index (χ4v) is 4.88. The molecule has 0 aliphatic carbocycles. The minimum Gasteiger partial charge on any atom is -0.357 e. The van der Waals surface area contributed by atoms with Crippen LogP contribution in [0, 0.1) is 0 Å². The van der Waals surface area contributed by atoms with Crippen molar-refractivity contribution < 1.29 is 8.42 Å². The van der Waals surface area contributed by atoms with Crippen LogP contribution in [0.3, 0.4) is 0 Å². The predicted octanol–water partition coefficient (Wildman–Crippen LogP) is 2.28. The second kappa shape index (κ2) is 9.10. The summed E-state index contributed by atoms with van der Waals surface area (Å²) in [6, 6.07) is 6.91. The van der Waals surface area contributed by atoms with Gasteiger partial charge in [-0.05, 0) is 50.1 Å². The van der Waals surface area contributed by atoms with Crippen molar-refractivity contribution in [3.05, 3.63) is 29.8 Å². The van der Waals surface area contributed by atoms with Gasteiger partial charge in [-0.2, -0.15) is 11.8 Å². The van der Waals surface area contributed by atoms with Gasteiger partial charge in [-0.3, -0.25) is 0 Å². The molecule has 1 fully saturated rings. The van der Waals surface area contributed by atoms with E-state index >= 15 is 0 Å². The van der Waals surface area contributed by atoms with Gasteiger partial charge in [-0.25, -0.2) is 17.7 Å². The van der Waals surface area contributed by atoms with Crippen LogP contribution in [0.5, 0.6) is 0 Å². The monoisotopic (exact) mass is 398 g/mol. The molecule has 1 saturated heterocycles. The van der Waals surface area contributed by atoms with Gasteiger partial charge < -0.3 is 10.6 Å². The zero-order valence-electron chi connectivity index (χ0n) is 16.1. The van der Waals surface area contributed by atoms with Crippen LogP contribution >= 0.6 is 11.8 Å². The van der Waals surface area contributed by atoms with Crippen LogP contribution in [0.15, 0.2) is 34.2 Å². The largest absolute Gasteiger partial charge is 0.357 e. The van der Waals surface area contributed by atoms with E-state index in [2.05, 4.69) is 22.5 Å². The van der Waals surface area contributed by atoms with E-state index in [4.69, 9.17) is 0 Å². The molecule has 0 bridgehead atoms. The van der Waals surface area contributed by atoms with E-state index in [-0.39, 0.29) is 4.75 Å². The summed E-state index contributed by atoms with van der Waals surface area (Å²) >= 11 is 2.02. The molecule has 1 aromatic rings. The zero-order valence-corrected chi connectivity index (χ0v) is 17.7. The molecule has 1 atom stereocenters. The Kier molecular flexibility index (Phi) is 7.37. The van der Waals surface area contributed by atoms with Gasteiger partial charge in [0.2, 0.25) is 10.0 Å². The zero-order chi connectivity index (χ0) is 19.2. The molecule has 1 aliphatic heterocycles. The van der Waals surface area contributed by atoms with Gasteiger partial charge >= 0.3 is 0 Å². The maximum Gasteiger partial charge on any atom is 0.242 e. The molecule has 146 valence electrons. The van der Waals surface area contributed by atoms with E-state index in [9.17, 15) is 8.42 Å². The first-order chi connectivity index (χ1) is 12.3. The fourth-order valence-electron chi connectivity index (χ4n) is 2.74.